The fourth-order valence-corrected chi connectivity index (χ4v) is 0.158. The summed E-state index contributed by atoms with van der Waals surface area (Å²) in [7, 11) is 0. The van der Waals surface area contributed by atoms with Gasteiger partial charge in [-0.3, -0.25) is 0 Å². The Morgan fingerprint density at radius 2 is 0.567 bits per heavy atom. The second-order valence-corrected chi connectivity index (χ2v) is 2.77. The molecule has 0 aliphatic carbocycles. The molecule has 30 heavy (non-hydrogen) atoms. The van der Waals surface area contributed by atoms with Crippen LogP contribution in [0, 0.1) is 102 Å². The molecule has 0 aromatic rings. The summed E-state index contributed by atoms with van der Waals surface area (Å²) in [4.78, 5) is 0. The number of nitriles is 9. The van der Waals surface area contributed by atoms with E-state index in [1.165, 1.54) is 55.4 Å². The quantitative estimate of drug-likeness (QED) is 0.620. The van der Waals surface area contributed by atoms with E-state index in [9.17, 15) is 0 Å². The van der Waals surface area contributed by atoms with E-state index in [0.29, 0.717) is 12.8 Å². The molecule has 0 heterocycles. The van der Waals surface area contributed by atoms with Crippen molar-refractivity contribution in [1.29, 1.82) is 47.4 Å². The number of hydrogen-bond donors (Lipinski definition) is 1. The summed E-state index contributed by atoms with van der Waals surface area (Å²) in [5.74, 6) is 0. The van der Waals surface area contributed by atoms with Crippen LogP contribution in [0.3, 0.4) is 0 Å². The smallest absolute Gasteiger partial charge is 0.0622 e. The minimum atomic E-state index is 0.133. The van der Waals surface area contributed by atoms with Gasteiger partial charge < -0.3 is 5.11 Å². The highest BCUT2D eigenvalue weighted by atomic mass is 16.2. The Balaban J connectivity index is -0.0000000240. The first kappa shape index (κ1) is 56.2. The fourth-order valence-electron chi connectivity index (χ4n) is 0.158. The van der Waals surface area contributed by atoms with E-state index in [2.05, 4.69) is 0 Å². The number of nitrogens with zero attached hydrogens (tertiary/aromatic N) is 9. The summed E-state index contributed by atoms with van der Waals surface area (Å²) >= 11 is 0. The number of aliphatic hydroxyl groups excluding tert-OH is 1. The molecule has 0 aromatic carbocycles. The third-order valence-electron chi connectivity index (χ3n) is 0.447. The van der Waals surface area contributed by atoms with Gasteiger partial charge in [0.1, 0.15) is 0 Å². The van der Waals surface area contributed by atoms with Crippen LogP contribution < -0.4 is 0 Å². The first-order chi connectivity index (χ1) is 14.2. The van der Waals surface area contributed by atoms with Crippen molar-refractivity contribution in [3.05, 3.63) is 0 Å². The van der Waals surface area contributed by atoms with Crippen LogP contribution in [0.2, 0.25) is 0 Å². The minimum absolute atomic E-state index is 0.133. The molecular weight excluding hydrogens is 382 g/mol. The first-order valence-electron chi connectivity index (χ1n) is 7.68. The summed E-state index contributed by atoms with van der Waals surface area (Å²) in [5.41, 5.74) is 0. The molecule has 1 N–H and O–H groups in total. The van der Waals surface area contributed by atoms with Crippen LogP contribution in [-0.4, -0.2) is 11.7 Å². The van der Waals surface area contributed by atoms with Gasteiger partial charge in [0.15, 0.2) is 0 Å². The standard InChI is InChI=1S/C4H7NO.8C2H3N/c5-3-1-2-4-6;8*1-2-3/h6H,1-2,4H2;8*1H3. The molecule has 0 aromatic heterocycles. The van der Waals surface area contributed by atoms with Gasteiger partial charge in [0.05, 0.1) is 54.6 Å². The lowest BCUT2D eigenvalue weighted by atomic mass is 10.4. The molecule has 0 fully saturated rings. The van der Waals surface area contributed by atoms with E-state index in [0.717, 1.165) is 0 Å². The van der Waals surface area contributed by atoms with E-state index in [4.69, 9.17) is 52.5 Å². The zero-order valence-electron chi connectivity index (χ0n) is 19.1. The fraction of sp³-hybridized carbons (Fsp3) is 0.550. The maximum Gasteiger partial charge on any atom is 0.0622 e. The predicted octanol–water partition coefficient (Wildman–Crippen LogP) is 4.52. The average Bonchev–Trinajstić information content (AvgIpc) is 2.65. The number of hydrogen-bond acceptors (Lipinski definition) is 10. The summed E-state index contributed by atoms with van der Waals surface area (Å²) in [6.45, 7) is 11.6. The molecular formula is C20H31N9O. The molecule has 0 saturated carbocycles. The van der Waals surface area contributed by atoms with Crippen molar-refractivity contribution in [1.82, 2.24) is 0 Å². The molecule has 0 bridgehead atoms. The van der Waals surface area contributed by atoms with Crippen LogP contribution in [-0.2, 0) is 0 Å². The summed E-state index contributed by atoms with van der Waals surface area (Å²) in [5, 5.41) is 74.4. The molecule has 0 rings (SSSR count). The average molecular weight is 414 g/mol. The van der Waals surface area contributed by atoms with Crippen molar-refractivity contribution < 1.29 is 5.11 Å². The highest BCUT2D eigenvalue weighted by molar-refractivity contribution is 4.66. The predicted molar refractivity (Wildman–Crippen MR) is 112 cm³/mol. The van der Waals surface area contributed by atoms with E-state index in [1.54, 1.807) is 48.6 Å². The Hall–Kier alpha value is -4.63. The SMILES string of the molecule is CC#N.CC#N.CC#N.CC#N.CC#N.CC#N.CC#N.CC#N.N#CCCCO. The van der Waals surface area contributed by atoms with E-state index in [1.807, 2.05) is 6.07 Å². The van der Waals surface area contributed by atoms with Gasteiger partial charge in [-0.25, -0.2) is 0 Å². The van der Waals surface area contributed by atoms with E-state index < -0.39 is 0 Å². The summed E-state index contributed by atoms with van der Waals surface area (Å²) in [6, 6.07) is 15.9. The second-order valence-electron chi connectivity index (χ2n) is 2.77. The zero-order valence-corrected chi connectivity index (χ0v) is 19.1. The van der Waals surface area contributed by atoms with Gasteiger partial charge in [-0.15, -0.1) is 0 Å². The van der Waals surface area contributed by atoms with Crippen molar-refractivity contribution in [2.24, 2.45) is 0 Å². The normalized spacial score (nSPS) is 3.60. The highest BCUT2D eigenvalue weighted by Crippen LogP contribution is 1.79. The second kappa shape index (κ2) is 245. The molecule has 0 aliphatic rings. The van der Waals surface area contributed by atoms with Gasteiger partial charge in [-0.1, -0.05) is 0 Å². The van der Waals surface area contributed by atoms with Crippen LogP contribution in [0.5, 0.6) is 0 Å². The van der Waals surface area contributed by atoms with Crippen molar-refractivity contribution in [3.63, 3.8) is 0 Å². The maximum absolute atomic E-state index is 8.05. The summed E-state index contributed by atoms with van der Waals surface area (Å²) < 4.78 is 0. The third kappa shape index (κ3) is 4400. The van der Waals surface area contributed by atoms with Crippen molar-refractivity contribution in [3.8, 4) is 54.6 Å². The van der Waals surface area contributed by atoms with Crippen LogP contribution in [0.1, 0.15) is 68.2 Å². The lowest BCUT2D eigenvalue weighted by Crippen LogP contribution is -1.77. The Morgan fingerprint density at radius 3 is 0.600 bits per heavy atom. The van der Waals surface area contributed by atoms with Crippen LogP contribution in [0.25, 0.3) is 0 Å². The van der Waals surface area contributed by atoms with Gasteiger partial charge in [0, 0.05) is 68.4 Å². The molecule has 0 spiro atoms. The van der Waals surface area contributed by atoms with Gasteiger partial charge in [0.2, 0.25) is 0 Å². The number of rotatable bonds is 2. The van der Waals surface area contributed by atoms with Gasteiger partial charge >= 0.3 is 0 Å². The van der Waals surface area contributed by atoms with Gasteiger partial charge in [-0.05, 0) is 6.42 Å². The molecule has 0 radical (unpaired) electrons. The third-order valence-corrected chi connectivity index (χ3v) is 0.447. The molecule has 0 unspecified atom stereocenters. The largest absolute Gasteiger partial charge is 0.396 e. The topological polar surface area (TPSA) is 234 Å². The monoisotopic (exact) mass is 413 g/mol. The van der Waals surface area contributed by atoms with Crippen molar-refractivity contribution >= 4 is 0 Å². The Morgan fingerprint density at radius 1 is 0.433 bits per heavy atom. The lowest BCUT2D eigenvalue weighted by Gasteiger charge is -1.77. The van der Waals surface area contributed by atoms with Crippen molar-refractivity contribution in [2.75, 3.05) is 6.61 Å². The Bertz CT molecular complexity index is 468. The molecule has 162 valence electrons. The van der Waals surface area contributed by atoms with Crippen LogP contribution in [0.4, 0.5) is 0 Å². The van der Waals surface area contributed by atoms with Gasteiger partial charge in [0.25, 0.3) is 0 Å². The molecule has 10 heteroatoms. The Kier molecular flexibility index (Phi) is 459. The van der Waals surface area contributed by atoms with E-state index >= 15 is 0 Å². The van der Waals surface area contributed by atoms with Crippen molar-refractivity contribution in [2.45, 2.75) is 68.2 Å². The number of aliphatic hydroxyl groups is 1. The minimum Gasteiger partial charge on any atom is -0.396 e. The number of unbranched alkanes of at least 4 members (excludes halogenated alkanes) is 1. The zero-order chi connectivity index (χ0) is 26.5. The van der Waals surface area contributed by atoms with E-state index in [-0.39, 0.29) is 6.61 Å². The first-order valence-corrected chi connectivity index (χ1v) is 7.68. The molecule has 0 aliphatic heterocycles. The molecule has 10 nitrogen and oxygen atoms in total. The highest BCUT2D eigenvalue weighted by Gasteiger charge is 1.75. The molecule has 0 atom stereocenters. The molecule has 0 amide bonds. The Labute approximate surface area is 182 Å². The summed E-state index contributed by atoms with van der Waals surface area (Å²) in [6.07, 6.45) is 1.08. The molecule has 0 saturated heterocycles. The van der Waals surface area contributed by atoms with Crippen LogP contribution >= 0.6 is 0 Å². The van der Waals surface area contributed by atoms with Crippen LogP contribution in [0.15, 0.2) is 0 Å². The maximum atomic E-state index is 8.05. The van der Waals surface area contributed by atoms with Gasteiger partial charge in [-0.2, -0.15) is 47.4 Å². The lowest BCUT2D eigenvalue weighted by molar-refractivity contribution is 0.290.